The van der Waals surface area contributed by atoms with Crippen molar-refractivity contribution in [3.63, 3.8) is 0 Å². The first-order valence-corrected chi connectivity index (χ1v) is 8.86. The zero-order chi connectivity index (χ0) is 18.4. The van der Waals surface area contributed by atoms with Crippen LogP contribution in [0.4, 0.5) is 5.69 Å². The molecule has 0 aromatic heterocycles. The minimum atomic E-state index is -0.287. The first-order valence-electron chi connectivity index (χ1n) is 8.86. The van der Waals surface area contributed by atoms with Gasteiger partial charge in [0.25, 0.3) is 5.91 Å². The van der Waals surface area contributed by atoms with Crippen LogP contribution in [0.25, 0.3) is 0 Å². The third-order valence-corrected chi connectivity index (χ3v) is 4.45. The molecule has 1 atom stereocenters. The molecule has 2 aromatic rings. The van der Waals surface area contributed by atoms with Gasteiger partial charge < -0.3 is 10.6 Å². The quantitative estimate of drug-likeness (QED) is 0.639. The molecule has 2 amide bonds. The lowest BCUT2D eigenvalue weighted by Gasteiger charge is -2.16. The fourth-order valence-electron chi connectivity index (χ4n) is 3.03. The highest BCUT2D eigenvalue weighted by Crippen LogP contribution is 2.20. The Kier molecular flexibility index (Phi) is 5.99. The van der Waals surface area contributed by atoms with Crippen molar-refractivity contribution in [3.8, 4) is 0 Å². The molecule has 6 nitrogen and oxygen atoms in total. The van der Waals surface area contributed by atoms with Gasteiger partial charge in [0.1, 0.15) is 6.04 Å². The third-order valence-electron chi connectivity index (χ3n) is 4.45. The number of hydrogen-bond donors (Lipinski definition) is 4. The van der Waals surface area contributed by atoms with Gasteiger partial charge in [-0.15, -0.1) is 0 Å². The normalized spacial score (nSPS) is 16.3. The van der Waals surface area contributed by atoms with E-state index in [9.17, 15) is 9.59 Å². The molecule has 1 fully saturated rings. The topological polar surface area (TPSA) is 82.3 Å². The first-order chi connectivity index (χ1) is 12.6. The summed E-state index contributed by atoms with van der Waals surface area (Å²) < 4.78 is 0. The van der Waals surface area contributed by atoms with Gasteiger partial charge in [0, 0.05) is 13.1 Å². The summed E-state index contributed by atoms with van der Waals surface area (Å²) in [6.07, 6.45) is 1.48. The Morgan fingerprint density at radius 2 is 1.92 bits per heavy atom. The summed E-state index contributed by atoms with van der Waals surface area (Å²) >= 11 is 0. The number of carbonyl (C=O) groups excluding carboxylic acids is 2. The average Bonchev–Trinajstić information content (AvgIpc) is 3.17. The summed E-state index contributed by atoms with van der Waals surface area (Å²) in [4.78, 5) is 25.0. The molecular weight excluding hydrogens is 328 g/mol. The van der Waals surface area contributed by atoms with Gasteiger partial charge in [-0.2, -0.15) is 0 Å². The van der Waals surface area contributed by atoms with Crippen molar-refractivity contribution < 1.29 is 9.59 Å². The number of anilines is 1. The molecule has 1 heterocycles. The monoisotopic (exact) mass is 352 g/mol. The van der Waals surface area contributed by atoms with Gasteiger partial charge in [-0.3, -0.25) is 15.0 Å². The van der Waals surface area contributed by atoms with E-state index in [1.54, 1.807) is 6.07 Å². The maximum Gasteiger partial charge on any atom is 0.253 e. The van der Waals surface area contributed by atoms with Crippen molar-refractivity contribution >= 4 is 17.5 Å². The molecule has 1 saturated heterocycles. The molecule has 0 saturated carbocycles. The minimum absolute atomic E-state index is 0.140. The summed E-state index contributed by atoms with van der Waals surface area (Å²) in [5.41, 5.74) is 8.93. The smallest absolute Gasteiger partial charge is 0.253 e. The molecule has 3 rings (SSSR count). The summed E-state index contributed by atoms with van der Waals surface area (Å²) in [6.45, 7) is 3.16. The van der Waals surface area contributed by atoms with Crippen LogP contribution in [0.1, 0.15) is 27.9 Å². The number of aryl methyl sites for hydroxylation is 1. The van der Waals surface area contributed by atoms with Crippen molar-refractivity contribution in [1.29, 1.82) is 0 Å². The molecule has 0 bridgehead atoms. The van der Waals surface area contributed by atoms with Crippen molar-refractivity contribution in [3.05, 3.63) is 65.2 Å². The van der Waals surface area contributed by atoms with E-state index in [-0.39, 0.29) is 17.9 Å². The highest BCUT2D eigenvalue weighted by atomic mass is 16.2. The summed E-state index contributed by atoms with van der Waals surface area (Å²) in [6, 6.07) is 15.2. The van der Waals surface area contributed by atoms with Gasteiger partial charge in [0.2, 0.25) is 5.91 Å². The summed E-state index contributed by atoms with van der Waals surface area (Å²) in [5, 5.41) is 5.83. The number of amides is 2. The zero-order valence-electron chi connectivity index (χ0n) is 14.8. The van der Waals surface area contributed by atoms with Crippen LogP contribution in [0.2, 0.25) is 0 Å². The Labute approximate surface area is 153 Å². The Morgan fingerprint density at radius 3 is 2.65 bits per heavy atom. The average molecular weight is 352 g/mol. The highest BCUT2D eigenvalue weighted by molar-refractivity contribution is 6.05. The molecule has 26 heavy (non-hydrogen) atoms. The van der Waals surface area contributed by atoms with E-state index >= 15 is 0 Å². The maximum atomic E-state index is 12.7. The predicted molar refractivity (Wildman–Crippen MR) is 102 cm³/mol. The number of hydrogen-bond acceptors (Lipinski definition) is 4. The lowest BCUT2D eigenvalue weighted by atomic mass is 10.0. The Bertz CT molecular complexity index is 771. The summed E-state index contributed by atoms with van der Waals surface area (Å²) in [5.74, 6) is -0.314. The molecule has 6 heteroatoms. The Morgan fingerprint density at radius 1 is 1.12 bits per heavy atom. The van der Waals surface area contributed by atoms with Gasteiger partial charge in [-0.25, -0.2) is 5.43 Å². The van der Waals surface area contributed by atoms with Crippen LogP contribution in [0, 0.1) is 6.92 Å². The van der Waals surface area contributed by atoms with E-state index in [0.717, 1.165) is 24.9 Å². The standard InChI is InChI=1S/C20H24N4O2/c1-14-6-5-9-16(23-19(25)17-11-13-22-24-17)18(14)20(26)21-12-10-15-7-3-2-4-8-15/h2-9,17,22,24H,10-13H2,1H3,(H,21,26)(H,23,25). The fraction of sp³-hybridized carbons (Fsp3) is 0.300. The van der Waals surface area contributed by atoms with E-state index in [1.807, 2.05) is 49.4 Å². The van der Waals surface area contributed by atoms with Gasteiger partial charge >= 0.3 is 0 Å². The molecule has 0 aliphatic carbocycles. The van der Waals surface area contributed by atoms with Crippen molar-refractivity contribution in [1.82, 2.24) is 16.2 Å². The second-order valence-electron chi connectivity index (χ2n) is 6.39. The van der Waals surface area contributed by atoms with Crippen LogP contribution in [0.5, 0.6) is 0 Å². The second-order valence-corrected chi connectivity index (χ2v) is 6.39. The predicted octanol–water partition coefficient (Wildman–Crippen LogP) is 1.77. The number of hydrazine groups is 1. The Balaban J connectivity index is 1.65. The SMILES string of the molecule is Cc1cccc(NC(=O)C2CCNN2)c1C(=O)NCCc1ccccc1. The maximum absolute atomic E-state index is 12.7. The first kappa shape index (κ1) is 18.1. The molecule has 0 spiro atoms. The van der Waals surface area contributed by atoms with E-state index in [0.29, 0.717) is 17.8 Å². The number of carbonyl (C=O) groups is 2. The van der Waals surface area contributed by atoms with Crippen molar-refractivity contribution in [2.45, 2.75) is 25.8 Å². The minimum Gasteiger partial charge on any atom is -0.352 e. The van der Waals surface area contributed by atoms with Crippen LogP contribution in [-0.2, 0) is 11.2 Å². The fourth-order valence-corrected chi connectivity index (χ4v) is 3.03. The van der Waals surface area contributed by atoms with Crippen LogP contribution in [0.15, 0.2) is 48.5 Å². The summed E-state index contributed by atoms with van der Waals surface area (Å²) in [7, 11) is 0. The second kappa shape index (κ2) is 8.60. The molecule has 1 aliphatic rings. The van der Waals surface area contributed by atoms with E-state index in [1.165, 1.54) is 5.56 Å². The van der Waals surface area contributed by atoms with E-state index in [4.69, 9.17) is 0 Å². The third kappa shape index (κ3) is 4.47. The number of nitrogens with one attached hydrogen (secondary N) is 4. The van der Waals surface area contributed by atoms with Crippen LogP contribution >= 0.6 is 0 Å². The molecule has 1 aliphatic heterocycles. The van der Waals surface area contributed by atoms with E-state index < -0.39 is 0 Å². The number of benzene rings is 2. The highest BCUT2D eigenvalue weighted by Gasteiger charge is 2.24. The molecular formula is C20H24N4O2. The van der Waals surface area contributed by atoms with Crippen LogP contribution in [-0.4, -0.2) is 30.9 Å². The lowest BCUT2D eigenvalue weighted by Crippen LogP contribution is -2.40. The lowest BCUT2D eigenvalue weighted by molar-refractivity contribution is -0.117. The van der Waals surface area contributed by atoms with Crippen molar-refractivity contribution in [2.24, 2.45) is 0 Å². The number of rotatable bonds is 6. The largest absolute Gasteiger partial charge is 0.352 e. The van der Waals surface area contributed by atoms with E-state index in [2.05, 4.69) is 21.5 Å². The van der Waals surface area contributed by atoms with Gasteiger partial charge in [0.15, 0.2) is 0 Å². The van der Waals surface area contributed by atoms with Gasteiger partial charge in [-0.05, 0) is 37.0 Å². The van der Waals surface area contributed by atoms with Gasteiger partial charge in [0.05, 0.1) is 11.3 Å². The molecule has 2 aromatic carbocycles. The van der Waals surface area contributed by atoms with Crippen molar-refractivity contribution in [2.75, 3.05) is 18.4 Å². The molecule has 1 unspecified atom stereocenters. The molecule has 136 valence electrons. The van der Waals surface area contributed by atoms with Crippen LogP contribution in [0.3, 0.4) is 0 Å². The Hall–Kier alpha value is -2.70. The molecule has 4 N–H and O–H groups in total. The van der Waals surface area contributed by atoms with Gasteiger partial charge in [-0.1, -0.05) is 42.5 Å². The molecule has 0 radical (unpaired) electrons. The zero-order valence-corrected chi connectivity index (χ0v) is 14.8. The van der Waals surface area contributed by atoms with Crippen LogP contribution < -0.4 is 21.5 Å².